The zero-order valence-corrected chi connectivity index (χ0v) is 14.9. The molecule has 1 aromatic heterocycles. The Labute approximate surface area is 155 Å². The first-order chi connectivity index (χ1) is 12.5. The van der Waals surface area contributed by atoms with Crippen molar-refractivity contribution >= 4 is 29.0 Å². The second kappa shape index (κ2) is 8.33. The molecule has 1 saturated carbocycles. The maximum absolute atomic E-state index is 12.5. The SMILES string of the molecule is O=C(NC(O)C1CCCCC1)c1cc(Nc2ccnc(=O)[nH]2)ccc1Cl. The number of nitrogens with zero attached hydrogens (tertiary/aromatic N) is 1. The second-order valence-electron chi connectivity index (χ2n) is 6.42. The topological polar surface area (TPSA) is 107 Å². The Morgan fingerprint density at radius 2 is 2.04 bits per heavy atom. The number of aliphatic hydroxyl groups excluding tert-OH is 1. The van der Waals surface area contributed by atoms with Crippen LogP contribution in [-0.2, 0) is 0 Å². The average molecular weight is 377 g/mol. The van der Waals surface area contributed by atoms with Crippen LogP contribution in [0.2, 0.25) is 5.02 Å². The Morgan fingerprint density at radius 3 is 2.77 bits per heavy atom. The number of aromatic nitrogens is 2. The molecule has 0 spiro atoms. The van der Waals surface area contributed by atoms with Crippen LogP contribution < -0.4 is 16.3 Å². The molecule has 1 aliphatic rings. The summed E-state index contributed by atoms with van der Waals surface area (Å²) in [6, 6.07) is 6.45. The number of hydrogen-bond acceptors (Lipinski definition) is 5. The maximum atomic E-state index is 12.5. The van der Waals surface area contributed by atoms with Gasteiger partial charge in [-0.3, -0.25) is 9.78 Å². The lowest BCUT2D eigenvalue weighted by Gasteiger charge is -2.27. The van der Waals surface area contributed by atoms with E-state index in [1.807, 2.05) is 0 Å². The summed E-state index contributed by atoms with van der Waals surface area (Å²) in [6.07, 6.45) is 5.63. The van der Waals surface area contributed by atoms with Gasteiger partial charge in [0.05, 0.1) is 10.6 Å². The van der Waals surface area contributed by atoms with Crippen molar-refractivity contribution in [3.05, 3.63) is 51.5 Å². The summed E-state index contributed by atoms with van der Waals surface area (Å²) in [5, 5.41) is 16.2. The van der Waals surface area contributed by atoms with Gasteiger partial charge in [-0.2, -0.15) is 0 Å². The van der Waals surface area contributed by atoms with Gasteiger partial charge in [-0.1, -0.05) is 30.9 Å². The van der Waals surface area contributed by atoms with Crippen LogP contribution in [0.15, 0.2) is 35.3 Å². The molecule has 3 rings (SSSR count). The van der Waals surface area contributed by atoms with E-state index in [0.717, 1.165) is 25.7 Å². The summed E-state index contributed by atoms with van der Waals surface area (Å²) in [4.78, 5) is 29.9. The fourth-order valence-electron chi connectivity index (χ4n) is 3.15. The molecular formula is C18H21ClN4O3. The van der Waals surface area contributed by atoms with Gasteiger partial charge in [-0.25, -0.2) is 9.78 Å². The van der Waals surface area contributed by atoms with Crippen LogP contribution in [0.25, 0.3) is 0 Å². The summed E-state index contributed by atoms with van der Waals surface area (Å²) >= 11 is 6.15. The Bertz CT molecular complexity index is 833. The first-order valence-corrected chi connectivity index (χ1v) is 9.01. The second-order valence-corrected chi connectivity index (χ2v) is 6.83. The minimum absolute atomic E-state index is 0.0784. The lowest BCUT2D eigenvalue weighted by Crippen LogP contribution is -2.41. The largest absolute Gasteiger partial charge is 0.373 e. The lowest BCUT2D eigenvalue weighted by molar-refractivity contribution is 0.0463. The third kappa shape index (κ3) is 4.62. The third-order valence-electron chi connectivity index (χ3n) is 4.54. The number of amides is 1. The van der Waals surface area contributed by atoms with Crippen molar-refractivity contribution in [2.75, 3.05) is 5.32 Å². The number of hydrogen-bond donors (Lipinski definition) is 4. The molecule has 1 fully saturated rings. The van der Waals surface area contributed by atoms with Crippen LogP contribution in [0.3, 0.4) is 0 Å². The van der Waals surface area contributed by atoms with Crippen molar-refractivity contribution in [2.24, 2.45) is 5.92 Å². The molecule has 1 aromatic carbocycles. The van der Waals surface area contributed by atoms with Gasteiger partial charge in [0.25, 0.3) is 5.91 Å². The van der Waals surface area contributed by atoms with E-state index in [1.165, 1.54) is 12.6 Å². The molecule has 26 heavy (non-hydrogen) atoms. The number of anilines is 2. The number of aromatic amines is 1. The number of benzene rings is 1. The molecule has 0 radical (unpaired) electrons. The van der Waals surface area contributed by atoms with Crippen molar-refractivity contribution in [2.45, 2.75) is 38.3 Å². The van der Waals surface area contributed by atoms with Crippen LogP contribution in [0.5, 0.6) is 0 Å². The minimum atomic E-state index is -0.882. The molecule has 4 N–H and O–H groups in total. The lowest BCUT2D eigenvalue weighted by atomic mass is 9.88. The monoisotopic (exact) mass is 376 g/mol. The Hall–Kier alpha value is -2.38. The number of aliphatic hydroxyl groups is 1. The molecule has 1 amide bonds. The molecule has 1 heterocycles. The normalized spacial score (nSPS) is 16.1. The van der Waals surface area contributed by atoms with E-state index in [4.69, 9.17) is 11.6 Å². The van der Waals surface area contributed by atoms with Gasteiger partial charge in [0.2, 0.25) is 0 Å². The highest BCUT2D eigenvalue weighted by molar-refractivity contribution is 6.34. The summed E-state index contributed by atoms with van der Waals surface area (Å²) in [5.74, 6) is 0.0931. The van der Waals surface area contributed by atoms with E-state index in [2.05, 4.69) is 20.6 Å². The fraction of sp³-hybridized carbons (Fsp3) is 0.389. The van der Waals surface area contributed by atoms with E-state index >= 15 is 0 Å². The zero-order chi connectivity index (χ0) is 18.5. The van der Waals surface area contributed by atoms with Crippen molar-refractivity contribution in [1.29, 1.82) is 0 Å². The number of H-pyrrole nitrogens is 1. The van der Waals surface area contributed by atoms with Crippen LogP contribution in [0, 0.1) is 5.92 Å². The molecule has 1 aliphatic carbocycles. The first-order valence-electron chi connectivity index (χ1n) is 8.64. The van der Waals surface area contributed by atoms with E-state index in [0.29, 0.717) is 11.5 Å². The van der Waals surface area contributed by atoms with E-state index in [9.17, 15) is 14.7 Å². The summed E-state index contributed by atoms with van der Waals surface area (Å²) in [7, 11) is 0. The van der Waals surface area contributed by atoms with Gasteiger partial charge < -0.3 is 15.7 Å². The smallest absolute Gasteiger partial charge is 0.346 e. The molecule has 0 aliphatic heterocycles. The van der Waals surface area contributed by atoms with Crippen LogP contribution in [-0.4, -0.2) is 27.2 Å². The predicted molar refractivity (Wildman–Crippen MR) is 99.6 cm³/mol. The molecular weight excluding hydrogens is 356 g/mol. The number of rotatable bonds is 5. The number of nitrogens with one attached hydrogen (secondary N) is 3. The summed E-state index contributed by atoms with van der Waals surface area (Å²) in [6.45, 7) is 0. The Balaban J connectivity index is 1.72. The predicted octanol–water partition coefficient (Wildman–Crippen LogP) is 2.80. The highest BCUT2D eigenvalue weighted by Gasteiger charge is 2.24. The third-order valence-corrected chi connectivity index (χ3v) is 4.87. The Morgan fingerprint density at radius 1 is 1.27 bits per heavy atom. The highest BCUT2D eigenvalue weighted by Crippen LogP contribution is 2.27. The molecule has 1 atom stereocenters. The number of carbonyl (C=O) groups excluding carboxylic acids is 1. The fourth-order valence-corrected chi connectivity index (χ4v) is 3.36. The van der Waals surface area contributed by atoms with Crippen LogP contribution >= 0.6 is 11.6 Å². The summed E-state index contributed by atoms with van der Waals surface area (Å²) < 4.78 is 0. The molecule has 138 valence electrons. The number of carbonyl (C=O) groups is 1. The minimum Gasteiger partial charge on any atom is -0.373 e. The van der Waals surface area contributed by atoms with Crippen LogP contribution in [0.1, 0.15) is 42.5 Å². The van der Waals surface area contributed by atoms with Crippen molar-refractivity contribution in [1.82, 2.24) is 15.3 Å². The van der Waals surface area contributed by atoms with Gasteiger partial charge in [0.15, 0.2) is 0 Å². The van der Waals surface area contributed by atoms with E-state index < -0.39 is 17.8 Å². The van der Waals surface area contributed by atoms with Gasteiger partial charge in [0.1, 0.15) is 12.0 Å². The summed E-state index contributed by atoms with van der Waals surface area (Å²) in [5.41, 5.74) is 0.356. The number of halogens is 1. The average Bonchev–Trinajstić information content (AvgIpc) is 2.64. The molecule has 7 nitrogen and oxygen atoms in total. The molecule has 1 unspecified atom stereocenters. The zero-order valence-electron chi connectivity index (χ0n) is 14.2. The Kier molecular flexibility index (Phi) is 5.90. The van der Waals surface area contributed by atoms with Crippen molar-refractivity contribution < 1.29 is 9.90 Å². The standard InChI is InChI=1S/C18H21ClN4O3/c19-14-7-6-12(21-15-8-9-20-18(26)22-15)10-13(14)17(25)23-16(24)11-4-2-1-3-5-11/h6-11,16,24H,1-5H2,(H,23,25)(H2,20,21,22,26). The van der Waals surface area contributed by atoms with E-state index in [-0.39, 0.29) is 16.5 Å². The molecule has 8 heteroatoms. The molecule has 0 bridgehead atoms. The maximum Gasteiger partial charge on any atom is 0.346 e. The molecule has 2 aromatic rings. The van der Waals surface area contributed by atoms with Gasteiger partial charge in [-0.15, -0.1) is 0 Å². The van der Waals surface area contributed by atoms with Crippen molar-refractivity contribution in [3.63, 3.8) is 0 Å². The first kappa shape index (κ1) is 18.4. The van der Waals surface area contributed by atoms with Crippen molar-refractivity contribution in [3.8, 4) is 0 Å². The quantitative estimate of drug-likeness (QED) is 0.600. The van der Waals surface area contributed by atoms with Gasteiger partial charge >= 0.3 is 5.69 Å². The highest BCUT2D eigenvalue weighted by atomic mass is 35.5. The van der Waals surface area contributed by atoms with Crippen LogP contribution in [0.4, 0.5) is 11.5 Å². The van der Waals surface area contributed by atoms with Gasteiger partial charge in [0, 0.05) is 17.8 Å². The van der Waals surface area contributed by atoms with E-state index in [1.54, 1.807) is 24.3 Å². The van der Waals surface area contributed by atoms with Gasteiger partial charge in [-0.05, 0) is 37.1 Å². The molecule has 0 saturated heterocycles.